The molecule has 0 fully saturated rings. The molecule has 0 atom stereocenters. The largest absolute Gasteiger partial charge is 0.318 e. The molecule has 0 saturated heterocycles. The van der Waals surface area contributed by atoms with E-state index in [9.17, 15) is 4.79 Å². The number of nitrogens with one attached hydrogen (secondary N) is 1. The fourth-order valence-corrected chi connectivity index (χ4v) is 2.01. The summed E-state index contributed by atoms with van der Waals surface area (Å²) in [4.78, 5) is 19.8. The minimum atomic E-state index is -0.303. The lowest BCUT2D eigenvalue weighted by Gasteiger charge is -2.02. The van der Waals surface area contributed by atoms with Crippen molar-refractivity contribution >= 4 is 11.6 Å². The van der Waals surface area contributed by atoms with E-state index in [4.69, 9.17) is 0 Å². The van der Waals surface area contributed by atoms with Gasteiger partial charge in [-0.1, -0.05) is 29.8 Å². The molecule has 1 amide bonds. The number of aryl methyl sites for hydroxylation is 1. The molecule has 2 aromatic heterocycles. The van der Waals surface area contributed by atoms with Crippen molar-refractivity contribution < 1.29 is 4.79 Å². The van der Waals surface area contributed by atoms with Crippen LogP contribution in [-0.2, 0) is 6.54 Å². The molecule has 0 aliphatic heterocycles. The van der Waals surface area contributed by atoms with Crippen LogP contribution in [0.5, 0.6) is 0 Å². The van der Waals surface area contributed by atoms with Crippen LogP contribution >= 0.6 is 0 Å². The molecule has 6 nitrogen and oxygen atoms in total. The minimum absolute atomic E-state index is 0.272. The van der Waals surface area contributed by atoms with Crippen LogP contribution in [-0.4, -0.2) is 25.7 Å². The standard InChI is InChI=1S/C16H15N5O/c1-12-2-4-13(5-3-12)10-21-11-14(8-19-21)20-16(22)15-9-17-6-7-18-15/h2-9,11H,10H2,1H3,(H,20,22). The van der Waals surface area contributed by atoms with E-state index in [1.807, 2.05) is 0 Å². The fourth-order valence-electron chi connectivity index (χ4n) is 2.01. The van der Waals surface area contributed by atoms with E-state index in [1.54, 1.807) is 17.1 Å². The number of carbonyl (C=O) groups is 1. The number of amides is 1. The Morgan fingerprint density at radius 2 is 2.00 bits per heavy atom. The molecule has 0 spiro atoms. The Kier molecular flexibility index (Phi) is 3.91. The van der Waals surface area contributed by atoms with Gasteiger partial charge in [0.2, 0.25) is 0 Å². The van der Waals surface area contributed by atoms with Crippen molar-refractivity contribution in [2.75, 3.05) is 5.32 Å². The second-order valence-electron chi connectivity index (χ2n) is 4.96. The molecule has 3 aromatic rings. The number of aromatic nitrogens is 4. The van der Waals surface area contributed by atoms with Crippen molar-refractivity contribution in [1.29, 1.82) is 0 Å². The molecule has 0 aliphatic carbocycles. The quantitative estimate of drug-likeness (QED) is 0.801. The summed E-state index contributed by atoms with van der Waals surface area (Å²) in [6.45, 7) is 2.71. The SMILES string of the molecule is Cc1ccc(Cn2cc(NC(=O)c3cnccn3)cn2)cc1. The lowest BCUT2D eigenvalue weighted by atomic mass is 10.1. The van der Waals surface area contributed by atoms with Gasteiger partial charge in [0, 0.05) is 18.6 Å². The highest BCUT2D eigenvalue weighted by Gasteiger charge is 2.08. The number of anilines is 1. The maximum absolute atomic E-state index is 12.0. The monoisotopic (exact) mass is 293 g/mol. The van der Waals surface area contributed by atoms with E-state index in [2.05, 4.69) is 51.6 Å². The maximum atomic E-state index is 12.0. The Balaban J connectivity index is 1.66. The summed E-state index contributed by atoms with van der Waals surface area (Å²) in [6.07, 6.45) is 7.83. The van der Waals surface area contributed by atoms with Crippen molar-refractivity contribution in [2.24, 2.45) is 0 Å². The summed E-state index contributed by atoms with van der Waals surface area (Å²) in [6, 6.07) is 8.26. The zero-order valence-electron chi connectivity index (χ0n) is 12.1. The second kappa shape index (κ2) is 6.17. The normalized spacial score (nSPS) is 10.4. The molecular formula is C16H15N5O. The number of nitrogens with zero attached hydrogens (tertiary/aromatic N) is 4. The Morgan fingerprint density at radius 3 is 2.73 bits per heavy atom. The molecule has 1 aromatic carbocycles. The number of carbonyl (C=O) groups excluding carboxylic acids is 1. The van der Waals surface area contributed by atoms with Crippen molar-refractivity contribution in [3.63, 3.8) is 0 Å². The minimum Gasteiger partial charge on any atom is -0.318 e. The van der Waals surface area contributed by atoms with Crippen LogP contribution in [0, 0.1) is 6.92 Å². The van der Waals surface area contributed by atoms with Gasteiger partial charge in [-0.2, -0.15) is 5.10 Å². The van der Waals surface area contributed by atoms with Gasteiger partial charge in [-0.15, -0.1) is 0 Å². The molecule has 1 N–H and O–H groups in total. The molecule has 3 rings (SSSR count). The Hall–Kier alpha value is -3.02. The first-order valence-electron chi connectivity index (χ1n) is 6.86. The van der Waals surface area contributed by atoms with E-state index in [0.29, 0.717) is 12.2 Å². The summed E-state index contributed by atoms with van der Waals surface area (Å²) < 4.78 is 1.77. The summed E-state index contributed by atoms with van der Waals surface area (Å²) >= 11 is 0. The fraction of sp³-hybridized carbons (Fsp3) is 0.125. The molecule has 0 unspecified atom stereocenters. The average Bonchev–Trinajstić information content (AvgIpc) is 2.97. The smallest absolute Gasteiger partial charge is 0.275 e. The Bertz CT molecular complexity index is 765. The zero-order valence-corrected chi connectivity index (χ0v) is 12.1. The highest BCUT2D eigenvalue weighted by molar-refractivity contribution is 6.02. The van der Waals surface area contributed by atoms with E-state index in [-0.39, 0.29) is 11.6 Å². The third-order valence-electron chi connectivity index (χ3n) is 3.15. The molecule has 2 heterocycles. The van der Waals surface area contributed by atoms with Crippen LogP contribution < -0.4 is 5.32 Å². The van der Waals surface area contributed by atoms with Crippen LogP contribution in [0.3, 0.4) is 0 Å². The van der Waals surface area contributed by atoms with Crippen LogP contribution in [0.15, 0.2) is 55.2 Å². The van der Waals surface area contributed by atoms with E-state index < -0.39 is 0 Å². The van der Waals surface area contributed by atoms with E-state index in [1.165, 1.54) is 24.2 Å². The second-order valence-corrected chi connectivity index (χ2v) is 4.96. The summed E-state index contributed by atoms with van der Waals surface area (Å²) in [5.74, 6) is -0.303. The molecular weight excluding hydrogens is 278 g/mol. The van der Waals surface area contributed by atoms with Gasteiger partial charge >= 0.3 is 0 Å². The molecule has 0 saturated carbocycles. The van der Waals surface area contributed by atoms with Gasteiger partial charge in [0.25, 0.3) is 5.91 Å². The number of hydrogen-bond acceptors (Lipinski definition) is 4. The van der Waals surface area contributed by atoms with Gasteiger partial charge in [-0.3, -0.25) is 14.5 Å². The lowest BCUT2D eigenvalue weighted by Crippen LogP contribution is -2.13. The van der Waals surface area contributed by atoms with Gasteiger partial charge in [0.15, 0.2) is 0 Å². The topological polar surface area (TPSA) is 72.7 Å². The van der Waals surface area contributed by atoms with E-state index >= 15 is 0 Å². The Morgan fingerprint density at radius 1 is 1.18 bits per heavy atom. The summed E-state index contributed by atoms with van der Waals surface area (Å²) in [7, 11) is 0. The number of hydrogen-bond donors (Lipinski definition) is 1. The first-order chi connectivity index (χ1) is 10.7. The Labute approximate surface area is 127 Å². The predicted octanol–water partition coefficient (Wildman–Crippen LogP) is 2.28. The van der Waals surface area contributed by atoms with Crippen LogP contribution in [0.1, 0.15) is 21.6 Å². The van der Waals surface area contributed by atoms with Gasteiger partial charge in [0.05, 0.1) is 24.6 Å². The van der Waals surface area contributed by atoms with Crippen molar-refractivity contribution in [3.8, 4) is 0 Å². The lowest BCUT2D eigenvalue weighted by molar-refractivity contribution is 0.102. The number of rotatable bonds is 4. The summed E-state index contributed by atoms with van der Waals surface area (Å²) in [5.41, 5.74) is 3.28. The average molecular weight is 293 g/mol. The molecule has 6 heteroatoms. The van der Waals surface area contributed by atoms with Gasteiger partial charge < -0.3 is 5.32 Å². The maximum Gasteiger partial charge on any atom is 0.275 e. The first kappa shape index (κ1) is 13.9. The third-order valence-corrected chi connectivity index (χ3v) is 3.15. The van der Waals surface area contributed by atoms with Crippen molar-refractivity contribution in [3.05, 3.63) is 72.1 Å². The van der Waals surface area contributed by atoms with Crippen molar-refractivity contribution in [2.45, 2.75) is 13.5 Å². The van der Waals surface area contributed by atoms with Gasteiger partial charge in [-0.25, -0.2) is 4.98 Å². The van der Waals surface area contributed by atoms with Crippen molar-refractivity contribution in [1.82, 2.24) is 19.7 Å². The van der Waals surface area contributed by atoms with Gasteiger partial charge in [0.1, 0.15) is 5.69 Å². The molecule has 0 aliphatic rings. The van der Waals surface area contributed by atoms with Crippen LogP contribution in [0.4, 0.5) is 5.69 Å². The van der Waals surface area contributed by atoms with Crippen LogP contribution in [0.25, 0.3) is 0 Å². The molecule has 0 bridgehead atoms. The van der Waals surface area contributed by atoms with E-state index in [0.717, 1.165) is 5.56 Å². The first-order valence-corrected chi connectivity index (χ1v) is 6.86. The number of benzene rings is 1. The summed E-state index contributed by atoms with van der Waals surface area (Å²) in [5, 5.41) is 7.00. The van der Waals surface area contributed by atoms with Gasteiger partial charge in [-0.05, 0) is 12.5 Å². The highest BCUT2D eigenvalue weighted by atomic mass is 16.1. The molecule has 110 valence electrons. The molecule has 0 radical (unpaired) electrons. The predicted molar refractivity (Wildman–Crippen MR) is 82.5 cm³/mol. The zero-order chi connectivity index (χ0) is 15.4. The third kappa shape index (κ3) is 3.35. The van der Waals surface area contributed by atoms with Crippen LogP contribution in [0.2, 0.25) is 0 Å². The highest BCUT2D eigenvalue weighted by Crippen LogP contribution is 2.10. The molecule has 22 heavy (non-hydrogen) atoms.